The van der Waals surface area contributed by atoms with Gasteiger partial charge in [0, 0.05) is 18.3 Å². The van der Waals surface area contributed by atoms with Crippen molar-refractivity contribution >= 4 is 11.6 Å². The zero-order valence-electron chi connectivity index (χ0n) is 8.69. The fourth-order valence-corrected chi connectivity index (χ4v) is 1.89. The van der Waals surface area contributed by atoms with E-state index in [1.54, 1.807) is 24.0 Å². The van der Waals surface area contributed by atoms with Gasteiger partial charge in [-0.3, -0.25) is 4.68 Å². The predicted molar refractivity (Wildman–Crippen MR) is 60.6 cm³/mol. The number of hydrogen-bond donors (Lipinski definition) is 1. The molecule has 1 atom stereocenters. The minimum Gasteiger partial charge on any atom is -0.319 e. The monoisotopic (exact) mass is 239 g/mol. The Morgan fingerprint density at radius 2 is 2.19 bits per heavy atom. The van der Waals surface area contributed by atoms with Crippen molar-refractivity contribution in [3.63, 3.8) is 0 Å². The Morgan fingerprint density at radius 1 is 1.44 bits per heavy atom. The molecule has 0 fully saturated rings. The van der Waals surface area contributed by atoms with Crippen molar-refractivity contribution in [2.24, 2.45) is 12.8 Å². The van der Waals surface area contributed by atoms with Crippen molar-refractivity contribution in [1.29, 1.82) is 0 Å². The molecule has 0 spiro atoms. The first kappa shape index (κ1) is 11.1. The van der Waals surface area contributed by atoms with Gasteiger partial charge in [-0.15, -0.1) is 0 Å². The van der Waals surface area contributed by atoms with Crippen molar-refractivity contribution in [2.45, 2.75) is 6.04 Å². The molecule has 1 aromatic heterocycles. The van der Waals surface area contributed by atoms with Gasteiger partial charge in [0.05, 0.1) is 11.7 Å². The van der Waals surface area contributed by atoms with Crippen LogP contribution >= 0.6 is 11.6 Å². The van der Waals surface area contributed by atoms with Crippen LogP contribution in [0.25, 0.3) is 0 Å². The number of aromatic nitrogens is 2. The average Bonchev–Trinajstić information content (AvgIpc) is 2.63. The number of aryl methyl sites for hydroxylation is 1. The molecule has 0 amide bonds. The zero-order chi connectivity index (χ0) is 11.7. The fraction of sp³-hybridized carbons (Fsp3) is 0.182. The molecule has 0 aliphatic rings. The minimum absolute atomic E-state index is 0.328. The van der Waals surface area contributed by atoms with Gasteiger partial charge in [-0.05, 0) is 23.8 Å². The van der Waals surface area contributed by atoms with Crippen LogP contribution in [-0.4, -0.2) is 9.78 Å². The lowest BCUT2D eigenvalue weighted by molar-refractivity contribution is 0.624. The highest BCUT2D eigenvalue weighted by molar-refractivity contribution is 6.31. The Balaban J connectivity index is 2.41. The topological polar surface area (TPSA) is 43.8 Å². The van der Waals surface area contributed by atoms with Crippen LogP contribution in [0.1, 0.15) is 17.3 Å². The van der Waals surface area contributed by atoms with Gasteiger partial charge in [-0.1, -0.05) is 17.7 Å². The van der Waals surface area contributed by atoms with Crippen molar-refractivity contribution < 1.29 is 4.39 Å². The number of halogens is 2. The summed E-state index contributed by atoms with van der Waals surface area (Å²) in [6, 6.07) is 5.60. The van der Waals surface area contributed by atoms with Crippen LogP contribution in [-0.2, 0) is 7.05 Å². The van der Waals surface area contributed by atoms with Crippen molar-refractivity contribution in [2.75, 3.05) is 0 Å². The summed E-state index contributed by atoms with van der Waals surface area (Å²) in [6.07, 6.45) is 1.66. The molecule has 3 nitrogen and oxygen atoms in total. The molecule has 0 saturated heterocycles. The number of nitrogens with zero attached hydrogens (tertiary/aromatic N) is 2. The Labute approximate surface area is 97.6 Å². The van der Waals surface area contributed by atoms with Gasteiger partial charge in [0.25, 0.3) is 0 Å². The molecule has 2 aromatic rings. The van der Waals surface area contributed by atoms with Gasteiger partial charge in [-0.25, -0.2) is 4.39 Å². The van der Waals surface area contributed by atoms with Crippen molar-refractivity contribution in [3.8, 4) is 0 Å². The summed E-state index contributed by atoms with van der Waals surface area (Å²) in [5.41, 5.74) is 7.56. The molecular weight excluding hydrogens is 229 g/mol. The molecule has 84 valence electrons. The summed E-state index contributed by atoms with van der Waals surface area (Å²) in [5, 5.41) is 4.36. The molecule has 0 aliphatic carbocycles. The number of benzene rings is 1. The molecule has 1 unspecified atom stereocenters. The zero-order valence-corrected chi connectivity index (χ0v) is 9.45. The van der Waals surface area contributed by atoms with E-state index >= 15 is 0 Å². The Hall–Kier alpha value is -1.39. The highest BCUT2D eigenvalue weighted by atomic mass is 35.5. The lowest BCUT2D eigenvalue weighted by Gasteiger charge is -2.14. The standard InChI is InChI=1S/C11H11ClFN3/c1-16-10(4-5-15-16)11(14)8-3-2-7(13)6-9(8)12/h2-6,11H,14H2,1H3. The third-order valence-corrected chi connectivity index (χ3v) is 2.80. The summed E-state index contributed by atoms with van der Waals surface area (Å²) < 4.78 is 14.6. The van der Waals surface area contributed by atoms with E-state index in [0.717, 1.165) is 5.69 Å². The fourth-order valence-electron chi connectivity index (χ4n) is 1.60. The van der Waals surface area contributed by atoms with E-state index in [4.69, 9.17) is 17.3 Å². The van der Waals surface area contributed by atoms with Gasteiger partial charge in [-0.2, -0.15) is 5.10 Å². The molecule has 2 N–H and O–H groups in total. The maximum atomic E-state index is 12.9. The third kappa shape index (κ3) is 1.94. The van der Waals surface area contributed by atoms with E-state index in [-0.39, 0.29) is 5.82 Å². The third-order valence-electron chi connectivity index (χ3n) is 2.48. The second kappa shape index (κ2) is 4.23. The maximum absolute atomic E-state index is 12.9. The minimum atomic E-state index is -0.402. The van der Waals surface area contributed by atoms with E-state index in [2.05, 4.69) is 5.10 Å². The largest absolute Gasteiger partial charge is 0.319 e. The SMILES string of the molecule is Cn1nccc1C(N)c1ccc(F)cc1Cl. The maximum Gasteiger partial charge on any atom is 0.124 e. The van der Waals surface area contributed by atoms with Crippen molar-refractivity contribution in [3.05, 3.63) is 52.6 Å². The van der Waals surface area contributed by atoms with Gasteiger partial charge in [0.1, 0.15) is 5.82 Å². The highest BCUT2D eigenvalue weighted by Gasteiger charge is 2.15. The smallest absolute Gasteiger partial charge is 0.124 e. The molecule has 0 saturated carbocycles. The second-order valence-corrected chi connectivity index (χ2v) is 3.93. The van der Waals surface area contributed by atoms with E-state index in [1.165, 1.54) is 12.1 Å². The first-order chi connectivity index (χ1) is 7.59. The van der Waals surface area contributed by atoms with Crippen LogP contribution in [0.3, 0.4) is 0 Å². The average molecular weight is 240 g/mol. The van der Waals surface area contributed by atoms with E-state index < -0.39 is 6.04 Å². The first-order valence-corrected chi connectivity index (χ1v) is 5.16. The molecule has 0 bridgehead atoms. The van der Waals surface area contributed by atoms with E-state index in [0.29, 0.717) is 10.6 Å². The van der Waals surface area contributed by atoms with Gasteiger partial charge < -0.3 is 5.73 Å². The van der Waals surface area contributed by atoms with Gasteiger partial charge in [0.15, 0.2) is 0 Å². The lowest BCUT2D eigenvalue weighted by Crippen LogP contribution is -2.16. The molecule has 0 aliphatic heterocycles. The van der Waals surface area contributed by atoms with Crippen LogP contribution in [0.2, 0.25) is 5.02 Å². The quantitative estimate of drug-likeness (QED) is 0.874. The van der Waals surface area contributed by atoms with Gasteiger partial charge in [0.2, 0.25) is 0 Å². The Morgan fingerprint density at radius 3 is 2.75 bits per heavy atom. The molecule has 5 heteroatoms. The van der Waals surface area contributed by atoms with E-state index in [9.17, 15) is 4.39 Å². The first-order valence-electron chi connectivity index (χ1n) is 4.78. The molecule has 16 heavy (non-hydrogen) atoms. The van der Waals surface area contributed by atoms with Crippen LogP contribution < -0.4 is 5.73 Å². The normalized spacial score (nSPS) is 12.8. The second-order valence-electron chi connectivity index (χ2n) is 3.52. The summed E-state index contributed by atoms with van der Waals surface area (Å²) in [4.78, 5) is 0. The summed E-state index contributed by atoms with van der Waals surface area (Å²) >= 11 is 5.94. The molecule has 2 rings (SSSR count). The summed E-state index contributed by atoms with van der Waals surface area (Å²) in [6.45, 7) is 0. The number of nitrogens with two attached hydrogens (primary N) is 1. The van der Waals surface area contributed by atoms with Crippen LogP contribution in [0, 0.1) is 5.82 Å². The summed E-state index contributed by atoms with van der Waals surface area (Å²) in [7, 11) is 1.80. The van der Waals surface area contributed by atoms with Crippen LogP contribution in [0.15, 0.2) is 30.5 Å². The molecule has 1 heterocycles. The van der Waals surface area contributed by atoms with Crippen molar-refractivity contribution in [1.82, 2.24) is 9.78 Å². The molecule has 0 radical (unpaired) electrons. The molecular formula is C11H11ClFN3. The van der Waals surface area contributed by atoms with Crippen LogP contribution in [0.4, 0.5) is 4.39 Å². The number of hydrogen-bond acceptors (Lipinski definition) is 2. The predicted octanol–water partition coefficient (Wildman–Crippen LogP) is 2.26. The van der Waals surface area contributed by atoms with Crippen LogP contribution in [0.5, 0.6) is 0 Å². The molecule has 1 aromatic carbocycles. The Bertz CT molecular complexity index is 510. The van der Waals surface area contributed by atoms with E-state index in [1.807, 2.05) is 6.07 Å². The number of rotatable bonds is 2. The highest BCUT2D eigenvalue weighted by Crippen LogP contribution is 2.26. The summed E-state index contributed by atoms with van der Waals surface area (Å²) in [5.74, 6) is -0.369. The Kier molecular flexibility index (Phi) is 2.94. The van der Waals surface area contributed by atoms with Gasteiger partial charge >= 0.3 is 0 Å². The lowest BCUT2D eigenvalue weighted by atomic mass is 10.0.